The summed E-state index contributed by atoms with van der Waals surface area (Å²) in [4.78, 5) is 10.9. The van der Waals surface area contributed by atoms with Crippen molar-refractivity contribution in [3.8, 4) is 0 Å². The summed E-state index contributed by atoms with van der Waals surface area (Å²) in [7, 11) is 0. The minimum atomic E-state index is -0.214. The van der Waals surface area contributed by atoms with Gasteiger partial charge in [0.05, 0.1) is 0 Å². The summed E-state index contributed by atoms with van der Waals surface area (Å²) < 4.78 is 5.16. The monoisotopic (exact) mass is 208 g/mol. The maximum absolute atomic E-state index is 10.9. The highest BCUT2D eigenvalue weighted by Crippen LogP contribution is 2.38. The second-order valence-electron chi connectivity index (χ2n) is 4.54. The lowest BCUT2D eigenvalue weighted by Gasteiger charge is -2.30. The highest BCUT2D eigenvalue weighted by molar-refractivity contribution is 5.67. The summed E-state index contributed by atoms with van der Waals surface area (Å²) in [5.41, 5.74) is 0.178. The highest BCUT2D eigenvalue weighted by Gasteiger charge is 2.26. The average molecular weight is 208 g/mol. The van der Waals surface area contributed by atoms with E-state index in [9.17, 15) is 4.79 Å². The van der Waals surface area contributed by atoms with E-state index in [4.69, 9.17) is 4.74 Å². The Morgan fingerprint density at radius 2 is 2.47 bits per heavy atom. The Morgan fingerprint density at radius 3 is 3.07 bits per heavy atom. The van der Waals surface area contributed by atoms with E-state index >= 15 is 0 Å². The van der Waals surface area contributed by atoms with Crippen LogP contribution in [0, 0.1) is 5.41 Å². The van der Waals surface area contributed by atoms with Gasteiger partial charge in [-0.25, -0.2) is 0 Å². The number of hydrogen-bond acceptors (Lipinski definition) is 2. The Bertz CT molecular complexity index is 278. The molecule has 0 heterocycles. The fourth-order valence-corrected chi connectivity index (χ4v) is 2.09. The number of allylic oxidation sites excluding steroid dienone is 3. The van der Waals surface area contributed by atoms with Gasteiger partial charge >= 0.3 is 5.97 Å². The number of carbonyl (C=O) groups excluding carboxylic acids is 1. The molecule has 0 N–H and O–H groups in total. The highest BCUT2D eigenvalue weighted by atomic mass is 16.5. The topological polar surface area (TPSA) is 26.3 Å². The molecule has 0 aromatic carbocycles. The molecule has 0 aromatic rings. The predicted molar refractivity (Wildman–Crippen MR) is 61.2 cm³/mol. The lowest BCUT2D eigenvalue weighted by molar-refractivity contribution is -0.137. The quantitative estimate of drug-likeness (QED) is 0.521. The summed E-state index contributed by atoms with van der Waals surface area (Å²) in [5, 5.41) is 0. The van der Waals surface area contributed by atoms with Gasteiger partial charge in [-0.1, -0.05) is 13.0 Å². The molecule has 0 amide bonds. The minimum Gasteiger partial charge on any atom is -0.432 e. The lowest BCUT2D eigenvalue weighted by Crippen LogP contribution is -2.19. The van der Waals surface area contributed by atoms with Gasteiger partial charge in [-0.3, -0.25) is 4.79 Å². The van der Waals surface area contributed by atoms with Crippen LogP contribution in [0.5, 0.6) is 0 Å². The molecule has 15 heavy (non-hydrogen) atoms. The van der Waals surface area contributed by atoms with Gasteiger partial charge < -0.3 is 4.74 Å². The van der Waals surface area contributed by atoms with Crippen LogP contribution in [0.15, 0.2) is 24.5 Å². The molecular weight excluding hydrogens is 188 g/mol. The first kappa shape index (κ1) is 12.0. The molecule has 0 aromatic heterocycles. The largest absolute Gasteiger partial charge is 0.432 e. The normalized spacial score (nSPS) is 25.6. The van der Waals surface area contributed by atoms with Crippen molar-refractivity contribution in [2.24, 2.45) is 5.41 Å². The van der Waals surface area contributed by atoms with Crippen LogP contribution in [0.2, 0.25) is 0 Å². The molecule has 0 saturated heterocycles. The summed E-state index contributed by atoms with van der Waals surface area (Å²) >= 11 is 0. The fourth-order valence-electron chi connectivity index (χ4n) is 2.09. The second-order valence-corrected chi connectivity index (χ2v) is 4.54. The van der Waals surface area contributed by atoms with Crippen molar-refractivity contribution in [1.29, 1.82) is 0 Å². The Kier molecular flexibility index (Phi) is 4.13. The van der Waals surface area contributed by atoms with Crippen molar-refractivity contribution >= 4 is 5.97 Å². The van der Waals surface area contributed by atoms with E-state index in [2.05, 4.69) is 19.6 Å². The zero-order valence-corrected chi connectivity index (χ0v) is 9.71. The Labute approximate surface area is 92.0 Å². The third-order valence-electron chi connectivity index (χ3n) is 2.87. The van der Waals surface area contributed by atoms with Crippen LogP contribution in [0.4, 0.5) is 0 Å². The van der Waals surface area contributed by atoms with Crippen molar-refractivity contribution in [2.75, 3.05) is 0 Å². The molecule has 84 valence electrons. The van der Waals surface area contributed by atoms with Crippen LogP contribution in [-0.2, 0) is 9.53 Å². The first-order valence-electron chi connectivity index (χ1n) is 5.57. The summed E-state index contributed by atoms with van der Waals surface area (Å²) in [6.07, 6.45) is 9.34. The van der Waals surface area contributed by atoms with Crippen LogP contribution in [0.25, 0.3) is 0 Å². The first-order valence-corrected chi connectivity index (χ1v) is 5.57. The third kappa shape index (κ3) is 3.90. The SMILES string of the molecule is C=CCCC1(C)C=C(OC(C)=O)CCC1. The predicted octanol–water partition coefficient (Wildman–Crippen LogP) is 3.59. The lowest BCUT2D eigenvalue weighted by atomic mass is 9.77. The van der Waals surface area contributed by atoms with Gasteiger partial charge in [0.25, 0.3) is 0 Å². The molecule has 0 bridgehead atoms. The molecule has 0 fully saturated rings. The Balaban J connectivity index is 2.65. The van der Waals surface area contributed by atoms with Crippen LogP contribution in [0.3, 0.4) is 0 Å². The van der Waals surface area contributed by atoms with Crippen LogP contribution in [-0.4, -0.2) is 5.97 Å². The van der Waals surface area contributed by atoms with Gasteiger partial charge in [-0.05, 0) is 37.2 Å². The molecule has 0 saturated carbocycles. The standard InChI is InChI=1S/C13H20O2/c1-4-5-8-13(3)9-6-7-12(10-13)15-11(2)14/h4,10H,1,5-9H2,2-3H3. The molecule has 1 aliphatic rings. The number of rotatable bonds is 4. The van der Waals surface area contributed by atoms with Gasteiger partial charge in [0.2, 0.25) is 0 Å². The van der Waals surface area contributed by atoms with Crippen LogP contribution in [0.1, 0.15) is 46.0 Å². The van der Waals surface area contributed by atoms with E-state index in [1.807, 2.05) is 6.08 Å². The van der Waals surface area contributed by atoms with Crippen molar-refractivity contribution < 1.29 is 9.53 Å². The molecule has 1 unspecified atom stereocenters. The van der Waals surface area contributed by atoms with E-state index < -0.39 is 0 Å². The van der Waals surface area contributed by atoms with Crippen LogP contribution < -0.4 is 0 Å². The molecular formula is C13H20O2. The van der Waals surface area contributed by atoms with Gasteiger partial charge in [0.15, 0.2) is 0 Å². The van der Waals surface area contributed by atoms with Gasteiger partial charge in [-0.2, -0.15) is 0 Å². The maximum Gasteiger partial charge on any atom is 0.307 e. The van der Waals surface area contributed by atoms with Gasteiger partial charge in [0.1, 0.15) is 5.76 Å². The number of carbonyl (C=O) groups is 1. The molecule has 0 aliphatic heterocycles. The number of hydrogen-bond donors (Lipinski definition) is 0. The van der Waals surface area contributed by atoms with Crippen molar-refractivity contribution in [3.63, 3.8) is 0 Å². The molecule has 1 aliphatic carbocycles. The molecule has 2 heteroatoms. The van der Waals surface area contributed by atoms with Crippen molar-refractivity contribution in [3.05, 3.63) is 24.5 Å². The van der Waals surface area contributed by atoms with E-state index in [0.29, 0.717) is 0 Å². The average Bonchev–Trinajstić information content (AvgIpc) is 2.14. The molecule has 0 radical (unpaired) electrons. The van der Waals surface area contributed by atoms with Crippen molar-refractivity contribution in [2.45, 2.75) is 46.0 Å². The van der Waals surface area contributed by atoms with Gasteiger partial charge in [-0.15, -0.1) is 6.58 Å². The first-order chi connectivity index (χ1) is 7.06. The Hall–Kier alpha value is -1.05. The summed E-state index contributed by atoms with van der Waals surface area (Å²) in [5.74, 6) is 0.634. The minimum absolute atomic E-state index is 0.178. The number of ether oxygens (including phenoxy) is 1. The smallest absolute Gasteiger partial charge is 0.307 e. The maximum atomic E-state index is 10.9. The molecule has 0 spiro atoms. The second kappa shape index (κ2) is 5.15. The summed E-state index contributed by atoms with van der Waals surface area (Å²) in [6, 6.07) is 0. The third-order valence-corrected chi connectivity index (χ3v) is 2.87. The van der Waals surface area contributed by atoms with E-state index in [1.165, 1.54) is 13.3 Å². The fraction of sp³-hybridized carbons (Fsp3) is 0.615. The zero-order chi connectivity index (χ0) is 11.3. The van der Waals surface area contributed by atoms with E-state index in [0.717, 1.165) is 31.4 Å². The summed E-state index contributed by atoms with van der Waals surface area (Å²) in [6.45, 7) is 7.41. The van der Waals surface area contributed by atoms with E-state index in [1.54, 1.807) is 0 Å². The number of esters is 1. The van der Waals surface area contributed by atoms with Crippen molar-refractivity contribution in [1.82, 2.24) is 0 Å². The molecule has 2 nitrogen and oxygen atoms in total. The van der Waals surface area contributed by atoms with Crippen LogP contribution >= 0.6 is 0 Å². The van der Waals surface area contributed by atoms with E-state index in [-0.39, 0.29) is 11.4 Å². The van der Waals surface area contributed by atoms with Gasteiger partial charge in [0, 0.05) is 13.3 Å². The zero-order valence-electron chi connectivity index (χ0n) is 9.71. The Morgan fingerprint density at radius 1 is 1.73 bits per heavy atom. The molecule has 1 atom stereocenters. The molecule has 1 rings (SSSR count).